The van der Waals surface area contributed by atoms with Crippen molar-refractivity contribution >= 4 is 0 Å². The van der Waals surface area contributed by atoms with Gasteiger partial charge in [-0.2, -0.15) is 0 Å². The highest BCUT2D eigenvalue weighted by Gasteiger charge is 2.50. The molecule has 0 spiro atoms. The quantitative estimate of drug-likeness (QED) is 0.774. The zero-order valence-corrected chi connectivity index (χ0v) is 15.6. The Morgan fingerprint density at radius 2 is 1.91 bits per heavy atom. The van der Waals surface area contributed by atoms with Gasteiger partial charge >= 0.3 is 0 Å². The Balaban J connectivity index is 2.23. The molecule has 0 aromatic heterocycles. The normalized spacial score (nSPS) is 29.1. The van der Waals surface area contributed by atoms with Gasteiger partial charge in [-0.05, 0) is 65.5 Å². The molecule has 0 saturated heterocycles. The molecule has 1 aromatic rings. The van der Waals surface area contributed by atoms with Gasteiger partial charge in [-0.25, -0.2) is 0 Å². The first-order valence-corrected chi connectivity index (χ1v) is 9.15. The molecular weight excluding hydrogens is 284 g/mol. The number of fused-ring (bicyclic) bond motifs is 3. The van der Waals surface area contributed by atoms with Crippen LogP contribution in [-0.4, -0.2) is 12.2 Å². The van der Waals surface area contributed by atoms with Crippen molar-refractivity contribution in [2.45, 2.75) is 78.1 Å². The molecule has 2 aliphatic carbocycles. The summed E-state index contributed by atoms with van der Waals surface area (Å²) >= 11 is 0. The third-order valence-electron chi connectivity index (χ3n) is 6.72. The van der Waals surface area contributed by atoms with Gasteiger partial charge in [0.1, 0.15) is 0 Å². The lowest BCUT2D eigenvalue weighted by atomic mass is 9.50. The number of aromatic hydroxyl groups is 1. The van der Waals surface area contributed by atoms with Crippen molar-refractivity contribution in [3.63, 3.8) is 0 Å². The lowest BCUT2D eigenvalue weighted by Crippen LogP contribution is -2.48. The highest BCUT2D eigenvalue weighted by atomic mass is 16.5. The van der Waals surface area contributed by atoms with Crippen molar-refractivity contribution in [2.24, 2.45) is 11.3 Å². The van der Waals surface area contributed by atoms with Gasteiger partial charge in [-0.3, -0.25) is 0 Å². The summed E-state index contributed by atoms with van der Waals surface area (Å²) in [6.45, 7) is 11.7. The van der Waals surface area contributed by atoms with Crippen molar-refractivity contribution < 1.29 is 9.84 Å². The number of phenolic OH excluding ortho intramolecular Hbond substituents is 1. The Morgan fingerprint density at radius 3 is 2.52 bits per heavy atom. The van der Waals surface area contributed by atoms with Crippen LogP contribution < -0.4 is 4.74 Å². The fourth-order valence-electron chi connectivity index (χ4n) is 5.76. The first kappa shape index (κ1) is 16.7. The molecule has 0 radical (unpaired) electrons. The lowest BCUT2D eigenvalue weighted by molar-refractivity contribution is 0.0402. The minimum Gasteiger partial charge on any atom is -0.504 e. The maximum absolute atomic E-state index is 10.6. The van der Waals surface area contributed by atoms with E-state index in [1.165, 1.54) is 42.4 Å². The number of methoxy groups -OCH3 is 1. The molecule has 23 heavy (non-hydrogen) atoms. The average molecular weight is 316 g/mol. The molecule has 0 aliphatic heterocycles. The van der Waals surface area contributed by atoms with E-state index in [0.29, 0.717) is 28.7 Å². The Labute approximate surface area is 141 Å². The summed E-state index contributed by atoms with van der Waals surface area (Å²) in [7, 11) is 1.67. The van der Waals surface area contributed by atoms with Crippen LogP contribution in [0.1, 0.15) is 82.9 Å². The fourth-order valence-corrected chi connectivity index (χ4v) is 5.76. The molecule has 2 atom stereocenters. The van der Waals surface area contributed by atoms with Crippen LogP contribution in [0.2, 0.25) is 0 Å². The van der Waals surface area contributed by atoms with Gasteiger partial charge in [0.05, 0.1) is 7.11 Å². The van der Waals surface area contributed by atoms with E-state index in [1.807, 2.05) is 6.07 Å². The molecule has 1 aromatic carbocycles. The zero-order valence-electron chi connectivity index (χ0n) is 15.6. The van der Waals surface area contributed by atoms with Crippen LogP contribution in [0.4, 0.5) is 0 Å². The molecule has 0 heterocycles. The maximum atomic E-state index is 10.6. The number of benzene rings is 1. The van der Waals surface area contributed by atoms with E-state index < -0.39 is 0 Å². The predicted octanol–water partition coefficient (Wildman–Crippen LogP) is 5.55. The fraction of sp³-hybridized carbons (Fsp3) is 0.714. The number of ether oxygens (including phenoxy) is 1. The number of hydrogen-bond acceptors (Lipinski definition) is 2. The largest absolute Gasteiger partial charge is 0.504 e. The average Bonchev–Trinajstić information content (AvgIpc) is 2.45. The van der Waals surface area contributed by atoms with Crippen LogP contribution >= 0.6 is 0 Å². The summed E-state index contributed by atoms with van der Waals surface area (Å²) in [5, 5.41) is 10.6. The van der Waals surface area contributed by atoms with Crippen molar-refractivity contribution in [2.75, 3.05) is 7.11 Å². The molecule has 2 aliphatic rings. The number of phenols is 1. The number of rotatable bonds is 2. The molecule has 0 bridgehead atoms. The second-order valence-electron chi connectivity index (χ2n) is 8.87. The lowest BCUT2D eigenvalue weighted by Gasteiger charge is -2.54. The van der Waals surface area contributed by atoms with E-state index in [9.17, 15) is 5.11 Å². The molecule has 0 unspecified atom stereocenters. The molecular formula is C21H32O2. The summed E-state index contributed by atoms with van der Waals surface area (Å²) in [4.78, 5) is 0. The van der Waals surface area contributed by atoms with E-state index in [0.717, 1.165) is 6.42 Å². The highest BCUT2D eigenvalue weighted by Crippen LogP contribution is 2.59. The smallest absolute Gasteiger partial charge is 0.164 e. The van der Waals surface area contributed by atoms with Gasteiger partial charge in [0.15, 0.2) is 11.5 Å². The minimum atomic E-state index is 0.183. The van der Waals surface area contributed by atoms with Crippen molar-refractivity contribution in [3.8, 4) is 11.5 Å². The molecule has 1 N–H and O–H groups in total. The van der Waals surface area contributed by atoms with Gasteiger partial charge in [0.25, 0.3) is 0 Å². The van der Waals surface area contributed by atoms with Crippen molar-refractivity contribution in [1.82, 2.24) is 0 Å². The minimum absolute atomic E-state index is 0.183. The summed E-state index contributed by atoms with van der Waals surface area (Å²) < 4.78 is 5.56. The third-order valence-corrected chi connectivity index (χ3v) is 6.72. The van der Waals surface area contributed by atoms with Gasteiger partial charge in [0.2, 0.25) is 0 Å². The van der Waals surface area contributed by atoms with Crippen LogP contribution in [0.15, 0.2) is 6.07 Å². The first-order valence-electron chi connectivity index (χ1n) is 9.15. The van der Waals surface area contributed by atoms with Crippen LogP contribution in [-0.2, 0) is 11.8 Å². The first-order chi connectivity index (χ1) is 10.7. The summed E-state index contributed by atoms with van der Waals surface area (Å²) in [6.07, 6.45) is 6.20. The second-order valence-corrected chi connectivity index (χ2v) is 8.87. The zero-order chi connectivity index (χ0) is 17.0. The molecule has 1 fully saturated rings. The van der Waals surface area contributed by atoms with Gasteiger partial charge in [-0.15, -0.1) is 0 Å². The van der Waals surface area contributed by atoms with Crippen LogP contribution in [0.25, 0.3) is 0 Å². The summed E-state index contributed by atoms with van der Waals surface area (Å²) in [5.41, 5.74) is 4.64. The van der Waals surface area contributed by atoms with E-state index >= 15 is 0 Å². The van der Waals surface area contributed by atoms with Crippen LogP contribution in [0.5, 0.6) is 11.5 Å². The van der Waals surface area contributed by atoms with Crippen molar-refractivity contribution in [1.29, 1.82) is 0 Å². The Morgan fingerprint density at radius 1 is 1.22 bits per heavy atom. The standard InChI is InChI=1S/C21H32O2/c1-13(2)18-14-8-9-17-20(3,4)10-7-11-21(17,5)15(14)12-16(22)19(18)23-6/h12-13,17,22H,7-11H2,1-6H3/t17-,21+/m0/s1. The topological polar surface area (TPSA) is 29.5 Å². The molecule has 3 rings (SSSR count). The van der Waals surface area contributed by atoms with Crippen LogP contribution in [0.3, 0.4) is 0 Å². The van der Waals surface area contributed by atoms with E-state index in [2.05, 4.69) is 34.6 Å². The van der Waals surface area contributed by atoms with Gasteiger partial charge in [-0.1, -0.05) is 41.0 Å². The van der Waals surface area contributed by atoms with E-state index in [4.69, 9.17) is 4.74 Å². The molecule has 128 valence electrons. The Hall–Kier alpha value is -1.18. The van der Waals surface area contributed by atoms with E-state index in [-0.39, 0.29) is 5.41 Å². The second kappa shape index (κ2) is 5.43. The molecule has 2 heteroatoms. The SMILES string of the molecule is COc1c(O)cc2c(c1C(C)C)CC[C@H]1C(C)(C)CCC[C@]21C. The summed E-state index contributed by atoms with van der Waals surface area (Å²) in [5.74, 6) is 2.07. The van der Waals surface area contributed by atoms with Crippen LogP contribution in [0, 0.1) is 11.3 Å². The monoisotopic (exact) mass is 316 g/mol. The summed E-state index contributed by atoms with van der Waals surface area (Å²) in [6, 6.07) is 2.02. The number of hydrogen-bond donors (Lipinski definition) is 1. The van der Waals surface area contributed by atoms with Gasteiger partial charge < -0.3 is 9.84 Å². The third kappa shape index (κ3) is 2.37. The highest BCUT2D eigenvalue weighted by molar-refractivity contribution is 5.58. The molecule has 0 amide bonds. The van der Waals surface area contributed by atoms with Crippen molar-refractivity contribution in [3.05, 3.63) is 22.8 Å². The predicted molar refractivity (Wildman–Crippen MR) is 95.5 cm³/mol. The van der Waals surface area contributed by atoms with Gasteiger partial charge in [0, 0.05) is 5.56 Å². The molecule has 2 nitrogen and oxygen atoms in total. The maximum Gasteiger partial charge on any atom is 0.164 e. The Kier molecular flexibility index (Phi) is 3.93. The Bertz CT molecular complexity index is 615. The molecule has 1 saturated carbocycles. The van der Waals surface area contributed by atoms with E-state index in [1.54, 1.807) is 7.11 Å².